The SMILES string of the molecule is COc1cc(C2CNC(=O)N2CCCc2ccccc2)ccc1Br. The van der Waals surface area contributed by atoms with E-state index in [1.54, 1.807) is 7.11 Å². The molecule has 0 saturated carbocycles. The fourth-order valence-electron chi connectivity index (χ4n) is 3.07. The van der Waals surface area contributed by atoms with Crippen LogP contribution in [0, 0.1) is 0 Å². The van der Waals surface area contributed by atoms with E-state index in [1.165, 1.54) is 5.56 Å². The molecule has 1 N–H and O–H groups in total. The van der Waals surface area contributed by atoms with E-state index >= 15 is 0 Å². The molecule has 1 saturated heterocycles. The Balaban J connectivity index is 1.68. The van der Waals surface area contributed by atoms with Gasteiger partial charge in [0.1, 0.15) is 5.75 Å². The zero-order valence-electron chi connectivity index (χ0n) is 13.7. The fraction of sp³-hybridized carbons (Fsp3) is 0.316. The summed E-state index contributed by atoms with van der Waals surface area (Å²) in [5, 5.41) is 2.95. The van der Waals surface area contributed by atoms with Gasteiger partial charge in [0, 0.05) is 13.1 Å². The second kappa shape index (κ2) is 7.71. The fourth-order valence-corrected chi connectivity index (χ4v) is 3.48. The monoisotopic (exact) mass is 388 g/mol. The average molecular weight is 389 g/mol. The van der Waals surface area contributed by atoms with Crippen molar-refractivity contribution >= 4 is 22.0 Å². The standard InChI is InChI=1S/C19H21BrN2O2/c1-24-18-12-15(9-10-16(18)20)17-13-21-19(23)22(17)11-5-8-14-6-3-2-4-7-14/h2-4,6-7,9-10,12,17H,5,8,11,13H2,1H3,(H,21,23). The molecule has 3 rings (SSSR count). The van der Waals surface area contributed by atoms with Gasteiger partial charge in [-0.3, -0.25) is 0 Å². The Hall–Kier alpha value is -2.01. The maximum Gasteiger partial charge on any atom is 0.318 e. The summed E-state index contributed by atoms with van der Waals surface area (Å²) in [4.78, 5) is 14.1. The van der Waals surface area contributed by atoms with E-state index in [1.807, 2.05) is 29.2 Å². The van der Waals surface area contributed by atoms with Gasteiger partial charge in [-0.05, 0) is 52.0 Å². The maximum atomic E-state index is 12.2. The van der Waals surface area contributed by atoms with E-state index in [0.29, 0.717) is 6.54 Å². The number of hydrogen-bond donors (Lipinski definition) is 1. The van der Waals surface area contributed by atoms with Crippen molar-refractivity contribution in [3.8, 4) is 5.75 Å². The third-order valence-electron chi connectivity index (χ3n) is 4.35. The van der Waals surface area contributed by atoms with E-state index in [0.717, 1.165) is 35.2 Å². The lowest BCUT2D eigenvalue weighted by molar-refractivity contribution is 0.203. The zero-order chi connectivity index (χ0) is 16.9. The van der Waals surface area contributed by atoms with Crippen LogP contribution >= 0.6 is 15.9 Å². The van der Waals surface area contributed by atoms with Gasteiger partial charge in [0.2, 0.25) is 0 Å². The predicted molar refractivity (Wildman–Crippen MR) is 98.3 cm³/mol. The highest BCUT2D eigenvalue weighted by Gasteiger charge is 2.31. The van der Waals surface area contributed by atoms with Gasteiger partial charge >= 0.3 is 6.03 Å². The van der Waals surface area contributed by atoms with Crippen molar-refractivity contribution in [2.75, 3.05) is 20.2 Å². The number of nitrogens with one attached hydrogen (secondary N) is 1. The smallest absolute Gasteiger partial charge is 0.318 e. The summed E-state index contributed by atoms with van der Waals surface area (Å²) in [6.45, 7) is 1.37. The van der Waals surface area contributed by atoms with Crippen molar-refractivity contribution in [2.24, 2.45) is 0 Å². The number of methoxy groups -OCH3 is 1. The van der Waals surface area contributed by atoms with Crippen LogP contribution in [-0.2, 0) is 6.42 Å². The first kappa shape index (κ1) is 16.8. The number of hydrogen-bond acceptors (Lipinski definition) is 2. The topological polar surface area (TPSA) is 41.6 Å². The molecule has 1 atom stereocenters. The van der Waals surface area contributed by atoms with Gasteiger partial charge < -0.3 is 15.0 Å². The number of rotatable bonds is 6. The molecule has 126 valence electrons. The largest absolute Gasteiger partial charge is 0.496 e. The molecular weight excluding hydrogens is 368 g/mol. The van der Waals surface area contributed by atoms with Crippen LogP contribution in [0.3, 0.4) is 0 Å². The number of benzene rings is 2. The summed E-state index contributed by atoms with van der Waals surface area (Å²) in [6, 6.07) is 16.4. The molecule has 1 heterocycles. The van der Waals surface area contributed by atoms with Crippen LogP contribution in [0.25, 0.3) is 0 Å². The van der Waals surface area contributed by atoms with E-state index in [2.05, 4.69) is 45.5 Å². The van der Waals surface area contributed by atoms with Gasteiger partial charge in [0.15, 0.2) is 0 Å². The van der Waals surface area contributed by atoms with Gasteiger partial charge in [-0.2, -0.15) is 0 Å². The number of nitrogens with zero attached hydrogens (tertiary/aromatic N) is 1. The molecule has 2 amide bonds. The Kier molecular flexibility index (Phi) is 5.41. The molecule has 1 aliphatic heterocycles. The Bertz CT molecular complexity index is 706. The number of halogens is 1. The Morgan fingerprint density at radius 1 is 1.25 bits per heavy atom. The highest BCUT2D eigenvalue weighted by molar-refractivity contribution is 9.10. The lowest BCUT2D eigenvalue weighted by Gasteiger charge is -2.24. The first-order chi connectivity index (χ1) is 11.7. The number of urea groups is 1. The molecule has 1 fully saturated rings. The number of ether oxygens (including phenoxy) is 1. The molecular formula is C19H21BrN2O2. The van der Waals surface area contributed by atoms with Crippen LogP contribution in [0.15, 0.2) is 53.0 Å². The second-order valence-electron chi connectivity index (χ2n) is 5.88. The van der Waals surface area contributed by atoms with E-state index in [-0.39, 0.29) is 12.1 Å². The molecule has 5 heteroatoms. The number of carbonyl (C=O) groups is 1. The van der Waals surface area contributed by atoms with Crippen molar-refractivity contribution in [2.45, 2.75) is 18.9 Å². The van der Waals surface area contributed by atoms with Gasteiger partial charge in [-0.25, -0.2) is 4.79 Å². The molecule has 0 bridgehead atoms. The summed E-state index contributed by atoms with van der Waals surface area (Å²) in [5.74, 6) is 0.788. The van der Waals surface area contributed by atoms with Gasteiger partial charge in [-0.15, -0.1) is 0 Å². The Labute approximate surface area is 150 Å². The van der Waals surface area contributed by atoms with Crippen LogP contribution < -0.4 is 10.1 Å². The summed E-state index contributed by atoms with van der Waals surface area (Å²) >= 11 is 3.47. The molecule has 0 radical (unpaired) electrons. The van der Waals surface area contributed by atoms with Crippen molar-refractivity contribution in [3.05, 3.63) is 64.1 Å². The molecule has 2 aromatic carbocycles. The minimum atomic E-state index is 0.00921. The maximum absolute atomic E-state index is 12.2. The third kappa shape index (κ3) is 3.73. The minimum absolute atomic E-state index is 0.00921. The van der Waals surface area contributed by atoms with Crippen LogP contribution in [0.5, 0.6) is 5.75 Å². The van der Waals surface area contributed by atoms with E-state index < -0.39 is 0 Å². The predicted octanol–water partition coefficient (Wildman–Crippen LogP) is 4.16. The first-order valence-corrected chi connectivity index (χ1v) is 8.90. The van der Waals surface area contributed by atoms with Gasteiger partial charge in [0.05, 0.1) is 17.6 Å². The third-order valence-corrected chi connectivity index (χ3v) is 5.01. The van der Waals surface area contributed by atoms with Gasteiger partial charge in [0.25, 0.3) is 0 Å². The molecule has 24 heavy (non-hydrogen) atoms. The molecule has 0 aromatic heterocycles. The van der Waals surface area contributed by atoms with Crippen molar-refractivity contribution in [1.29, 1.82) is 0 Å². The second-order valence-corrected chi connectivity index (χ2v) is 6.73. The lowest BCUT2D eigenvalue weighted by Crippen LogP contribution is -2.31. The summed E-state index contributed by atoms with van der Waals surface area (Å²) in [5.41, 5.74) is 2.40. The molecule has 1 aliphatic rings. The molecule has 4 nitrogen and oxygen atoms in total. The van der Waals surface area contributed by atoms with Crippen LogP contribution in [0.1, 0.15) is 23.6 Å². The molecule has 0 spiro atoms. The highest BCUT2D eigenvalue weighted by atomic mass is 79.9. The van der Waals surface area contributed by atoms with E-state index in [9.17, 15) is 4.79 Å². The van der Waals surface area contributed by atoms with Crippen molar-refractivity contribution in [1.82, 2.24) is 10.2 Å². The van der Waals surface area contributed by atoms with Gasteiger partial charge in [-0.1, -0.05) is 36.4 Å². The normalized spacial score (nSPS) is 17.0. The van der Waals surface area contributed by atoms with Crippen molar-refractivity contribution in [3.63, 3.8) is 0 Å². The number of carbonyl (C=O) groups excluding carboxylic acids is 1. The summed E-state index contributed by atoms with van der Waals surface area (Å²) in [7, 11) is 1.65. The summed E-state index contributed by atoms with van der Waals surface area (Å²) < 4.78 is 6.29. The minimum Gasteiger partial charge on any atom is -0.496 e. The van der Waals surface area contributed by atoms with Crippen molar-refractivity contribution < 1.29 is 9.53 Å². The first-order valence-electron chi connectivity index (χ1n) is 8.11. The number of aryl methyl sites for hydroxylation is 1. The molecule has 2 aromatic rings. The van der Waals surface area contributed by atoms with Crippen LogP contribution in [-0.4, -0.2) is 31.1 Å². The van der Waals surface area contributed by atoms with Crippen LogP contribution in [0.2, 0.25) is 0 Å². The number of amides is 2. The summed E-state index contributed by atoms with van der Waals surface area (Å²) in [6.07, 6.45) is 1.92. The highest BCUT2D eigenvalue weighted by Crippen LogP contribution is 2.32. The molecule has 1 unspecified atom stereocenters. The lowest BCUT2D eigenvalue weighted by atomic mass is 10.1. The Morgan fingerprint density at radius 2 is 2.04 bits per heavy atom. The molecule has 0 aliphatic carbocycles. The average Bonchev–Trinajstić information content (AvgIpc) is 2.97. The zero-order valence-corrected chi connectivity index (χ0v) is 15.3. The Morgan fingerprint density at radius 3 is 2.79 bits per heavy atom. The van der Waals surface area contributed by atoms with E-state index in [4.69, 9.17) is 4.74 Å². The van der Waals surface area contributed by atoms with Crippen LogP contribution in [0.4, 0.5) is 4.79 Å². The quantitative estimate of drug-likeness (QED) is 0.806.